The highest BCUT2D eigenvalue weighted by Gasteiger charge is 2.21. The van der Waals surface area contributed by atoms with E-state index in [1.54, 1.807) is 14.2 Å². The minimum absolute atomic E-state index is 0.432. The molecule has 1 heterocycles. The fraction of sp³-hybridized carbons (Fsp3) is 1.00. The Morgan fingerprint density at radius 3 is 2.36 bits per heavy atom. The van der Waals surface area contributed by atoms with Crippen molar-refractivity contribution in [1.82, 2.24) is 0 Å². The van der Waals surface area contributed by atoms with Crippen LogP contribution in [0.3, 0.4) is 0 Å². The van der Waals surface area contributed by atoms with E-state index >= 15 is 0 Å². The molecule has 0 spiro atoms. The zero-order valence-corrected chi connectivity index (χ0v) is 10.9. The third-order valence-corrected chi connectivity index (χ3v) is 2.06. The number of rotatable bonds is 7. The smallest absolute Gasteiger partial charge is 0.303 e. The summed E-state index contributed by atoms with van der Waals surface area (Å²) in [4.78, 5) is 0. The lowest BCUT2D eigenvalue weighted by atomic mass is 10.4. The molecule has 0 aromatic heterocycles. The molecule has 4 nitrogen and oxygen atoms in total. The van der Waals surface area contributed by atoms with E-state index in [4.69, 9.17) is 9.47 Å². The summed E-state index contributed by atoms with van der Waals surface area (Å²) in [6, 6.07) is 0. The highest BCUT2D eigenvalue weighted by Crippen LogP contribution is 2.08. The monoisotopic (exact) mass is 222 g/mol. The van der Waals surface area contributed by atoms with E-state index in [-0.39, 0.29) is 0 Å². The van der Waals surface area contributed by atoms with E-state index in [9.17, 15) is 0 Å². The van der Waals surface area contributed by atoms with Crippen molar-refractivity contribution in [1.29, 1.82) is 0 Å². The number of unbranched alkanes of at least 4 members (excludes halogenated alkanes) is 1. The summed E-state index contributed by atoms with van der Waals surface area (Å²) in [5.41, 5.74) is 0. The van der Waals surface area contributed by atoms with Crippen molar-refractivity contribution in [3.63, 3.8) is 0 Å². The highest BCUT2D eigenvalue weighted by atomic mass is 28.3. The molecule has 0 aromatic rings. The van der Waals surface area contributed by atoms with E-state index in [1.807, 2.05) is 0 Å². The summed E-state index contributed by atoms with van der Waals surface area (Å²) in [5, 5.41) is 0. The van der Waals surface area contributed by atoms with Gasteiger partial charge in [0.2, 0.25) is 0 Å². The van der Waals surface area contributed by atoms with Gasteiger partial charge in [-0.15, -0.1) is 0 Å². The van der Waals surface area contributed by atoms with E-state index in [0.29, 0.717) is 6.10 Å². The summed E-state index contributed by atoms with van der Waals surface area (Å²) in [6.45, 7) is 4.78. The van der Waals surface area contributed by atoms with E-state index in [2.05, 4.69) is 15.8 Å². The van der Waals surface area contributed by atoms with Crippen LogP contribution < -0.4 is 0 Å². The van der Waals surface area contributed by atoms with Crippen LogP contribution in [0.5, 0.6) is 0 Å². The highest BCUT2D eigenvalue weighted by molar-refractivity contribution is 6.17. The van der Waals surface area contributed by atoms with Gasteiger partial charge in [0.25, 0.3) is 0 Å². The number of hydrogen-bond acceptors (Lipinski definition) is 4. The topological polar surface area (TPSA) is 40.2 Å². The molecule has 1 fully saturated rings. The zero-order valence-electron chi connectivity index (χ0n) is 9.45. The molecule has 1 rings (SSSR count). The Morgan fingerprint density at radius 2 is 2.00 bits per heavy atom. The first-order chi connectivity index (χ1) is 6.85. The Balaban J connectivity index is 0.000000292. The third-order valence-electron chi connectivity index (χ3n) is 1.58. The van der Waals surface area contributed by atoms with Gasteiger partial charge in [-0.25, -0.2) is 0 Å². The summed E-state index contributed by atoms with van der Waals surface area (Å²) in [7, 11) is 2.73. The van der Waals surface area contributed by atoms with Gasteiger partial charge in [-0.1, -0.05) is 13.3 Å². The lowest BCUT2D eigenvalue weighted by Gasteiger charge is -1.97. The molecule has 1 atom stereocenters. The molecule has 86 valence electrons. The summed E-state index contributed by atoms with van der Waals surface area (Å²) >= 11 is 0. The summed E-state index contributed by atoms with van der Waals surface area (Å²) in [6.07, 6.45) is 2.82. The molecule has 0 bridgehead atoms. The maximum atomic E-state index is 5.27. The lowest BCUT2D eigenvalue weighted by molar-refractivity contribution is 0.114. The fourth-order valence-electron chi connectivity index (χ4n) is 0.743. The van der Waals surface area contributed by atoms with Gasteiger partial charge in [0.15, 0.2) is 0 Å². The summed E-state index contributed by atoms with van der Waals surface area (Å²) < 4.78 is 19.5. The maximum absolute atomic E-state index is 5.27. The normalized spacial score (nSPS) is 18.6. The average molecular weight is 222 g/mol. The van der Waals surface area contributed by atoms with Crippen molar-refractivity contribution < 1.29 is 18.3 Å². The second-order valence-corrected chi connectivity index (χ2v) is 4.47. The Labute approximate surface area is 88.9 Å². The van der Waals surface area contributed by atoms with Crippen LogP contribution in [0.15, 0.2) is 0 Å². The average Bonchev–Trinajstić information content (AvgIpc) is 2.99. The minimum atomic E-state index is -0.568. The second-order valence-electron chi connectivity index (χ2n) is 3.08. The van der Waals surface area contributed by atoms with Crippen molar-refractivity contribution in [3.8, 4) is 0 Å². The molecule has 1 unspecified atom stereocenters. The van der Waals surface area contributed by atoms with Gasteiger partial charge in [0, 0.05) is 20.8 Å². The van der Waals surface area contributed by atoms with Crippen LogP contribution in [0.1, 0.15) is 19.8 Å². The van der Waals surface area contributed by atoms with Crippen molar-refractivity contribution in [3.05, 3.63) is 0 Å². The van der Waals surface area contributed by atoms with Crippen LogP contribution in [0.25, 0.3) is 0 Å². The van der Waals surface area contributed by atoms with Crippen LogP contribution in [-0.4, -0.2) is 50.2 Å². The van der Waals surface area contributed by atoms with Crippen LogP contribution in [0, 0.1) is 0 Å². The first-order valence-corrected chi connectivity index (χ1v) is 6.17. The van der Waals surface area contributed by atoms with Gasteiger partial charge in [0.1, 0.15) is 6.10 Å². The Hall–Kier alpha value is 0.0569. The Morgan fingerprint density at radius 1 is 1.36 bits per heavy atom. The molecule has 0 amide bonds. The molecular weight excluding hydrogens is 200 g/mol. The van der Waals surface area contributed by atoms with Gasteiger partial charge in [-0.05, 0) is 6.42 Å². The molecule has 0 N–H and O–H groups in total. The summed E-state index contributed by atoms with van der Waals surface area (Å²) in [5.74, 6) is 0. The standard InChI is InChI=1S/C7H14O2.C2H8O2Si/c1-2-3-4-8-5-7-6-9-7;1-3-5-4-2/h7H,2-6H2,1H3;5H2,1-2H3. The first-order valence-electron chi connectivity index (χ1n) is 5.02. The molecule has 0 aliphatic carbocycles. The molecule has 0 saturated carbocycles. The molecule has 0 radical (unpaired) electrons. The Kier molecular flexibility index (Phi) is 11.2. The van der Waals surface area contributed by atoms with Crippen molar-refractivity contribution in [2.45, 2.75) is 25.9 Å². The maximum Gasteiger partial charge on any atom is 0.303 e. The molecule has 1 aliphatic rings. The van der Waals surface area contributed by atoms with Crippen LogP contribution >= 0.6 is 0 Å². The largest absolute Gasteiger partial charge is 0.402 e. The van der Waals surface area contributed by atoms with Crippen LogP contribution in [-0.2, 0) is 18.3 Å². The number of epoxide rings is 1. The van der Waals surface area contributed by atoms with E-state index in [0.717, 1.165) is 19.8 Å². The third kappa shape index (κ3) is 12.1. The van der Waals surface area contributed by atoms with Crippen molar-refractivity contribution in [2.75, 3.05) is 34.0 Å². The molecule has 5 heteroatoms. The minimum Gasteiger partial charge on any atom is -0.402 e. The number of hydrogen-bond donors (Lipinski definition) is 0. The predicted octanol–water partition coefficient (Wildman–Crippen LogP) is 0.480. The second kappa shape index (κ2) is 11.1. The SMILES string of the molecule is CCCCOCC1CO1.CO[SiH2]OC. The first kappa shape index (κ1) is 14.1. The zero-order chi connectivity index (χ0) is 10.6. The van der Waals surface area contributed by atoms with Crippen molar-refractivity contribution in [2.24, 2.45) is 0 Å². The lowest BCUT2D eigenvalue weighted by Crippen LogP contribution is -2.01. The number of ether oxygens (including phenoxy) is 2. The molecule has 1 saturated heterocycles. The van der Waals surface area contributed by atoms with Crippen LogP contribution in [0.4, 0.5) is 0 Å². The van der Waals surface area contributed by atoms with Gasteiger partial charge in [-0.3, -0.25) is 0 Å². The quantitative estimate of drug-likeness (QED) is 0.357. The molecule has 1 aliphatic heterocycles. The molecule has 14 heavy (non-hydrogen) atoms. The van der Waals surface area contributed by atoms with Gasteiger partial charge in [0.05, 0.1) is 13.2 Å². The van der Waals surface area contributed by atoms with Gasteiger partial charge >= 0.3 is 10.0 Å². The van der Waals surface area contributed by atoms with Gasteiger partial charge in [-0.2, -0.15) is 0 Å². The predicted molar refractivity (Wildman–Crippen MR) is 58.0 cm³/mol. The fourth-order valence-corrected chi connectivity index (χ4v) is 0.979. The Bertz CT molecular complexity index is 107. The molecular formula is C9H22O4Si. The van der Waals surface area contributed by atoms with Crippen molar-refractivity contribution >= 4 is 10.0 Å². The molecule has 0 aromatic carbocycles. The van der Waals surface area contributed by atoms with Crippen LogP contribution in [0.2, 0.25) is 0 Å². The van der Waals surface area contributed by atoms with E-state index < -0.39 is 10.0 Å². The van der Waals surface area contributed by atoms with E-state index in [1.165, 1.54) is 12.8 Å². The van der Waals surface area contributed by atoms with Gasteiger partial charge < -0.3 is 18.3 Å².